The molecule has 0 atom stereocenters. The first-order valence-corrected chi connectivity index (χ1v) is 5.98. The molecule has 0 unspecified atom stereocenters. The average molecular weight is 246 g/mol. The Morgan fingerprint density at radius 2 is 2.11 bits per heavy atom. The molecule has 0 saturated heterocycles. The molecule has 1 rings (SSSR count). The zero-order valence-corrected chi connectivity index (χ0v) is 11.0. The molecule has 0 aliphatic carbocycles. The van der Waals surface area contributed by atoms with Crippen LogP contribution in [0.25, 0.3) is 0 Å². The van der Waals surface area contributed by atoms with Crippen molar-refractivity contribution >= 4 is 11.6 Å². The second-order valence-corrected chi connectivity index (χ2v) is 4.09. The van der Waals surface area contributed by atoms with Crippen LogP contribution in [0.15, 0.2) is 24.3 Å². The van der Waals surface area contributed by atoms with Crippen LogP contribution in [0.1, 0.15) is 26.7 Å². The number of nitrogens with zero attached hydrogens (tertiary/aromatic N) is 1. The van der Waals surface area contributed by atoms with E-state index in [1.807, 2.05) is 13.8 Å². The zero-order valence-electron chi connectivity index (χ0n) is 11.0. The molecule has 4 heteroatoms. The van der Waals surface area contributed by atoms with E-state index in [1.54, 1.807) is 31.4 Å². The molecule has 1 N–H and O–H groups in total. The smallest absolute Gasteiger partial charge is 0.244 e. The summed E-state index contributed by atoms with van der Waals surface area (Å²) in [4.78, 5) is 12.2. The lowest BCUT2D eigenvalue weighted by molar-refractivity contribution is -0.123. The Bertz CT molecular complexity index is 459. The van der Waals surface area contributed by atoms with Crippen LogP contribution in [0.4, 0.5) is 5.69 Å². The number of nitrogens with one attached hydrogen (secondary N) is 1. The highest BCUT2D eigenvalue weighted by molar-refractivity contribution is 5.97. The number of rotatable bonds is 5. The molecular weight excluding hydrogens is 228 g/mol. The van der Waals surface area contributed by atoms with Crippen molar-refractivity contribution in [2.45, 2.75) is 26.7 Å². The van der Waals surface area contributed by atoms with Crippen molar-refractivity contribution in [2.75, 3.05) is 12.4 Å². The van der Waals surface area contributed by atoms with E-state index in [2.05, 4.69) is 11.4 Å². The number of nitriles is 1. The molecule has 1 aromatic rings. The fraction of sp³-hybridized carbons (Fsp3) is 0.429. The molecule has 0 aromatic heterocycles. The van der Waals surface area contributed by atoms with Gasteiger partial charge in [0.05, 0.1) is 13.2 Å². The number of hydrogen-bond acceptors (Lipinski definition) is 3. The van der Waals surface area contributed by atoms with E-state index in [0.29, 0.717) is 24.3 Å². The van der Waals surface area contributed by atoms with Crippen LogP contribution in [-0.2, 0) is 4.79 Å². The molecule has 0 spiro atoms. The molecular formula is C14H18N2O2. The summed E-state index contributed by atoms with van der Waals surface area (Å²) >= 11 is 0. The van der Waals surface area contributed by atoms with E-state index < -0.39 is 5.41 Å². The number of ether oxygens (including phenoxy) is 1. The minimum Gasteiger partial charge on any atom is -0.497 e. The van der Waals surface area contributed by atoms with Crippen LogP contribution in [0.2, 0.25) is 0 Å². The maximum atomic E-state index is 12.2. The van der Waals surface area contributed by atoms with Gasteiger partial charge in [0.1, 0.15) is 11.2 Å². The topological polar surface area (TPSA) is 62.1 Å². The number of carbonyl (C=O) groups excluding carboxylic acids is 1. The second-order valence-electron chi connectivity index (χ2n) is 4.09. The Morgan fingerprint density at radius 3 is 2.61 bits per heavy atom. The van der Waals surface area contributed by atoms with E-state index in [-0.39, 0.29) is 5.91 Å². The number of amides is 1. The maximum absolute atomic E-state index is 12.2. The summed E-state index contributed by atoms with van der Waals surface area (Å²) in [6, 6.07) is 9.21. The van der Waals surface area contributed by atoms with Gasteiger partial charge in [-0.1, -0.05) is 19.9 Å². The predicted molar refractivity (Wildman–Crippen MR) is 70.3 cm³/mol. The molecule has 0 aliphatic heterocycles. The van der Waals surface area contributed by atoms with Crippen LogP contribution >= 0.6 is 0 Å². The van der Waals surface area contributed by atoms with Crippen LogP contribution in [-0.4, -0.2) is 13.0 Å². The van der Waals surface area contributed by atoms with Crippen molar-refractivity contribution in [3.8, 4) is 11.8 Å². The van der Waals surface area contributed by atoms with Gasteiger partial charge in [0.25, 0.3) is 0 Å². The summed E-state index contributed by atoms with van der Waals surface area (Å²) in [5.41, 5.74) is -0.316. The Balaban J connectivity index is 2.90. The fourth-order valence-electron chi connectivity index (χ4n) is 1.73. The zero-order chi connectivity index (χ0) is 13.6. The van der Waals surface area contributed by atoms with Gasteiger partial charge in [-0.05, 0) is 25.0 Å². The molecule has 0 aliphatic rings. The summed E-state index contributed by atoms with van der Waals surface area (Å²) in [5, 5.41) is 12.0. The molecule has 0 bridgehead atoms. The van der Waals surface area contributed by atoms with Gasteiger partial charge in [-0.15, -0.1) is 0 Å². The Morgan fingerprint density at radius 1 is 1.44 bits per heavy atom. The minimum absolute atomic E-state index is 0.261. The minimum atomic E-state index is -0.955. The van der Waals surface area contributed by atoms with Crippen molar-refractivity contribution < 1.29 is 9.53 Å². The van der Waals surface area contributed by atoms with Crippen molar-refractivity contribution in [3.63, 3.8) is 0 Å². The number of anilines is 1. The van der Waals surface area contributed by atoms with Crippen LogP contribution in [0.3, 0.4) is 0 Å². The van der Waals surface area contributed by atoms with Gasteiger partial charge in [0.15, 0.2) is 0 Å². The first kappa shape index (κ1) is 14.0. The lowest BCUT2D eigenvalue weighted by Gasteiger charge is -2.22. The highest BCUT2D eigenvalue weighted by Gasteiger charge is 2.34. The standard InChI is InChI=1S/C14H18N2O2/c1-4-14(5-2,10-15)13(17)16-11-7-6-8-12(9-11)18-3/h6-9H,4-5H2,1-3H3,(H,16,17). The van der Waals surface area contributed by atoms with Crippen molar-refractivity contribution in [2.24, 2.45) is 5.41 Å². The molecule has 0 saturated carbocycles. The van der Waals surface area contributed by atoms with Gasteiger partial charge in [-0.25, -0.2) is 0 Å². The molecule has 0 fully saturated rings. The van der Waals surface area contributed by atoms with Gasteiger partial charge < -0.3 is 10.1 Å². The highest BCUT2D eigenvalue weighted by atomic mass is 16.5. The molecule has 0 radical (unpaired) electrons. The van der Waals surface area contributed by atoms with Gasteiger partial charge >= 0.3 is 0 Å². The third-order valence-electron chi connectivity index (χ3n) is 3.18. The molecule has 1 aromatic carbocycles. The predicted octanol–water partition coefficient (Wildman–Crippen LogP) is 2.96. The summed E-state index contributed by atoms with van der Waals surface area (Å²) in [5.74, 6) is 0.409. The number of methoxy groups -OCH3 is 1. The van der Waals surface area contributed by atoms with Crippen LogP contribution in [0.5, 0.6) is 5.75 Å². The largest absolute Gasteiger partial charge is 0.497 e. The lowest BCUT2D eigenvalue weighted by atomic mass is 9.83. The molecule has 0 heterocycles. The summed E-state index contributed by atoms with van der Waals surface area (Å²) in [6.45, 7) is 3.69. The molecule has 18 heavy (non-hydrogen) atoms. The van der Waals surface area contributed by atoms with Crippen molar-refractivity contribution in [3.05, 3.63) is 24.3 Å². The van der Waals surface area contributed by atoms with E-state index in [9.17, 15) is 10.1 Å². The van der Waals surface area contributed by atoms with Gasteiger partial charge in [-0.2, -0.15) is 5.26 Å². The van der Waals surface area contributed by atoms with Crippen molar-refractivity contribution in [1.29, 1.82) is 5.26 Å². The SMILES string of the molecule is CCC(C#N)(CC)C(=O)Nc1cccc(OC)c1. The van der Waals surface area contributed by atoms with E-state index >= 15 is 0 Å². The Labute approximate surface area is 108 Å². The molecule has 96 valence electrons. The van der Waals surface area contributed by atoms with Crippen LogP contribution < -0.4 is 10.1 Å². The second kappa shape index (κ2) is 6.06. The number of benzene rings is 1. The van der Waals surface area contributed by atoms with E-state index in [0.717, 1.165) is 0 Å². The summed E-state index contributed by atoms with van der Waals surface area (Å²) < 4.78 is 5.08. The first-order valence-electron chi connectivity index (χ1n) is 5.98. The molecule has 4 nitrogen and oxygen atoms in total. The van der Waals surface area contributed by atoms with Gasteiger partial charge in [-0.3, -0.25) is 4.79 Å². The van der Waals surface area contributed by atoms with Crippen LogP contribution in [0, 0.1) is 16.7 Å². The average Bonchev–Trinajstić information content (AvgIpc) is 2.41. The van der Waals surface area contributed by atoms with Gasteiger partial charge in [0, 0.05) is 11.8 Å². The summed E-state index contributed by atoms with van der Waals surface area (Å²) in [7, 11) is 1.57. The normalized spacial score (nSPS) is 10.6. The lowest BCUT2D eigenvalue weighted by Crippen LogP contribution is -2.33. The fourth-order valence-corrected chi connectivity index (χ4v) is 1.73. The highest BCUT2D eigenvalue weighted by Crippen LogP contribution is 2.28. The maximum Gasteiger partial charge on any atom is 0.244 e. The van der Waals surface area contributed by atoms with Gasteiger partial charge in [0.2, 0.25) is 5.91 Å². The monoisotopic (exact) mass is 246 g/mol. The number of hydrogen-bond donors (Lipinski definition) is 1. The third kappa shape index (κ3) is 2.80. The number of carbonyl (C=O) groups is 1. The quantitative estimate of drug-likeness (QED) is 0.868. The molecule has 1 amide bonds. The Hall–Kier alpha value is -2.02. The van der Waals surface area contributed by atoms with E-state index in [4.69, 9.17) is 4.74 Å². The van der Waals surface area contributed by atoms with Crippen molar-refractivity contribution in [1.82, 2.24) is 0 Å². The first-order chi connectivity index (χ1) is 8.61. The summed E-state index contributed by atoms with van der Waals surface area (Å²) in [6.07, 6.45) is 0.992. The Kier molecular flexibility index (Phi) is 4.73. The third-order valence-corrected chi connectivity index (χ3v) is 3.18. The van der Waals surface area contributed by atoms with E-state index in [1.165, 1.54) is 0 Å².